The van der Waals surface area contributed by atoms with Crippen LogP contribution in [-0.2, 0) is 14.4 Å². The summed E-state index contributed by atoms with van der Waals surface area (Å²) in [4.78, 5) is 35.0. The van der Waals surface area contributed by atoms with Gasteiger partial charge in [0.05, 0.1) is 0 Å². The van der Waals surface area contributed by atoms with Crippen LogP contribution in [0.15, 0.2) is 36.4 Å². The molecular weight excluding hydrogens is 320 g/mol. The number of hydrogen-bond acceptors (Lipinski definition) is 3. The zero-order valence-corrected chi connectivity index (χ0v) is 14.9. The summed E-state index contributed by atoms with van der Waals surface area (Å²) in [6.45, 7) is 5.19. The molecular formula is C19H26N2O4. The van der Waals surface area contributed by atoms with Gasteiger partial charge in [0.15, 0.2) is 0 Å². The van der Waals surface area contributed by atoms with Crippen molar-refractivity contribution >= 4 is 23.9 Å². The minimum atomic E-state index is -1.11. The highest BCUT2D eigenvalue weighted by molar-refractivity contribution is 5.90. The number of benzene rings is 1. The van der Waals surface area contributed by atoms with E-state index in [1.165, 1.54) is 6.92 Å². The normalized spacial score (nSPS) is 13.4. The van der Waals surface area contributed by atoms with Crippen molar-refractivity contribution in [3.8, 4) is 0 Å². The van der Waals surface area contributed by atoms with Crippen molar-refractivity contribution in [1.29, 1.82) is 0 Å². The van der Waals surface area contributed by atoms with E-state index in [1.807, 2.05) is 50.3 Å². The molecule has 136 valence electrons. The molecule has 25 heavy (non-hydrogen) atoms. The zero-order valence-electron chi connectivity index (χ0n) is 14.9. The van der Waals surface area contributed by atoms with Crippen LogP contribution in [-0.4, -0.2) is 35.0 Å². The molecule has 0 saturated carbocycles. The monoisotopic (exact) mass is 346 g/mol. The van der Waals surface area contributed by atoms with Gasteiger partial charge in [-0.25, -0.2) is 4.79 Å². The Morgan fingerprint density at radius 3 is 2.24 bits per heavy atom. The average molecular weight is 346 g/mol. The molecule has 1 rings (SSSR count). The minimum Gasteiger partial charge on any atom is -0.480 e. The number of hydrogen-bond donors (Lipinski definition) is 3. The van der Waals surface area contributed by atoms with Crippen molar-refractivity contribution in [2.45, 2.75) is 45.7 Å². The summed E-state index contributed by atoms with van der Waals surface area (Å²) in [5, 5.41) is 14.4. The smallest absolute Gasteiger partial charge is 0.326 e. The van der Waals surface area contributed by atoms with Gasteiger partial charge in [-0.2, -0.15) is 0 Å². The lowest BCUT2D eigenvalue weighted by Gasteiger charge is -2.21. The second kappa shape index (κ2) is 10.3. The van der Waals surface area contributed by atoms with Gasteiger partial charge in [0.2, 0.25) is 11.8 Å². The second-order valence-corrected chi connectivity index (χ2v) is 6.33. The van der Waals surface area contributed by atoms with Crippen LogP contribution in [0.2, 0.25) is 0 Å². The summed E-state index contributed by atoms with van der Waals surface area (Å²) < 4.78 is 0. The standard InChI is InChI=1S/C19H26N2O4/c1-13(2)12-17(20-14(3)22)18(23)21-16(19(24)25)11-7-10-15-8-5-4-6-9-15/h4-10,13,16-17H,11-12H2,1-3H3,(H,20,22)(H,21,23)(H,24,25)/b10-7+/t16-,17+/m1/s1. The van der Waals surface area contributed by atoms with Crippen LogP contribution in [0.25, 0.3) is 6.08 Å². The van der Waals surface area contributed by atoms with Crippen molar-refractivity contribution in [3.05, 3.63) is 42.0 Å². The van der Waals surface area contributed by atoms with E-state index < -0.39 is 24.0 Å². The van der Waals surface area contributed by atoms with Crippen LogP contribution in [0.3, 0.4) is 0 Å². The van der Waals surface area contributed by atoms with Gasteiger partial charge in [0.1, 0.15) is 12.1 Å². The van der Waals surface area contributed by atoms with Gasteiger partial charge in [-0.3, -0.25) is 9.59 Å². The number of rotatable bonds is 9. The molecule has 3 N–H and O–H groups in total. The first-order valence-electron chi connectivity index (χ1n) is 8.31. The van der Waals surface area contributed by atoms with Gasteiger partial charge in [-0.05, 0) is 24.3 Å². The van der Waals surface area contributed by atoms with E-state index in [0.29, 0.717) is 6.42 Å². The van der Waals surface area contributed by atoms with Crippen LogP contribution < -0.4 is 10.6 Å². The summed E-state index contributed by atoms with van der Waals surface area (Å²) in [5.41, 5.74) is 0.953. The lowest BCUT2D eigenvalue weighted by Crippen LogP contribution is -2.51. The molecule has 0 spiro atoms. The van der Waals surface area contributed by atoms with Crippen molar-refractivity contribution in [3.63, 3.8) is 0 Å². The fourth-order valence-corrected chi connectivity index (χ4v) is 2.35. The third-order valence-electron chi connectivity index (χ3n) is 3.50. The Labute approximate surface area is 148 Å². The second-order valence-electron chi connectivity index (χ2n) is 6.33. The maximum Gasteiger partial charge on any atom is 0.326 e. The minimum absolute atomic E-state index is 0.157. The molecule has 0 unspecified atom stereocenters. The molecule has 0 aliphatic rings. The summed E-state index contributed by atoms with van der Waals surface area (Å²) in [5.74, 6) is -1.73. The van der Waals surface area contributed by atoms with Gasteiger partial charge in [0.25, 0.3) is 0 Å². The predicted molar refractivity (Wildman–Crippen MR) is 96.7 cm³/mol. The van der Waals surface area contributed by atoms with E-state index in [0.717, 1.165) is 5.56 Å². The lowest BCUT2D eigenvalue weighted by atomic mass is 10.0. The van der Waals surface area contributed by atoms with Crippen molar-refractivity contribution in [1.82, 2.24) is 10.6 Å². The van der Waals surface area contributed by atoms with Crippen molar-refractivity contribution in [2.24, 2.45) is 5.92 Å². The highest BCUT2D eigenvalue weighted by atomic mass is 16.4. The van der Waals surface area contributed by atoms with Gasteiger partial charge in [-0.15, -0.1) is 0 Å². The molecule has 0 bridgehead atoms. The van der Waals surface area contributed by atoms with E-state index in [9.17, 15) is 19.5 Å². The van der Waals surface area contributed by atoms with Crippen LogP contribution >= 0.6 is 0 Å². The van der Waals surface area contributed by atoms with E-state index in [-0.39, 0.29) is 18.2 Å². The van der Waals surface area contributed by atoms with Crippen LogP contribution in [0.4, 0.5) is 0 Å². The molecule has 0 saturated heterocycles. The Hall–Kier alpha value is -2.63. The molecule has 1 aromatic carbocycles. The van der Waals surface area contributed by atoms with Gasteiger partial charge < -0.3 is 15.7 Å². The number of nitrogens with one attached hydrogen (secondary N) is 2. The topological polar surface area (TPSA) is 95.5 Å². The molecule has 2 amide bonds. The van der Waals surface area contributed by atoms with E-state index in [1.54, 1.807) is 6.08 Å². The highest BCUT2D eigenvalue weighted by Crippen LogP contribution is 2.07. The lowest BCUT2D eigenvalue weighted by molar-refractivity contribution is -0.142. The van der Waals surface area contributed by atoms with E-state index in [4.69, 9.17) is 0 Å². The third kappa shape index (κ3) is 8.15. The molecule has 1 aromatic rings. The number of carbonyl (C=O) groups is 3. The maximum atomic E-state index is 12.3. The Bertz CT molecular complexity index is 611. The highest BCUT2D eigenvalue weighted by Gasteiger charge is 2.25. The molecule has 0 aromatic heterocycles. The first kappa shape index (κ1) is 20.4. The fraction of sp³-hybridized carbons (Fsp3) is 0.421. The molecule has 0 aliphatic heterocycles. The van der Waals surface area contributed by atoms with E-state index in [2.05, 4.69) is 10.6 Å². The van der Waals surface area contributed by atoms with Crippen LogP contribution in [0.5, 0.6) is 0 Å². The van der Waals surface area contributed by atoms with E-state index >= 15 is 0 Å². The average Bonchev–Trinajstić information content (AvgIpc) is 2.53. The molecule has 6 heteroatoms. The molecule has 0 heterocycles. The molecule has 0 fully saturated rings. The van der Waals surface area contributed by atoms with Gasteiger partial charge >= 0.3 is 5.97 Å². The molecule has 6 nitrogen and oxygen atoms in total. The Morgan fingerprint density at radius 1 is 1.08 bits per heavy atom. The first-order chi connectivity index (χ1) is 11.8. The summed E-state index contributed by atoms with van der Waals surface area (Å²) in [6, 6.07) is 7.70. The summed E-state index contributed by atoms with van der Waals surface area (Å²) >= 11 is 0. The first-order valence-corrected chi connectivity index (χ1v) is 8.31. The SMILES string of the molecule is CC(=O)N[C@@H](CC(C)C)C(=O)N[C@H](C/C=C/c1ccccc1)C(=O)O. The summed E-state index contributed by atoms with van der Waals surface area (Å²) in [7, 11) is 0. The quantitative estimate of drug-likeness (QED) is 0.639. The largest absolute Gasteiger partial charge is 0.480 e. The fourth-order valence-electron chi connectivity index (χ4n) is 2.35. The Kier molecular flexibility index (Phi) is 8.39. The number of amides is 2. The summed E-state index contributed by atoms with van der Waals surface area (Å²) in [6.07, 6.45) is 4.12. The Balaban J connectivity index is 2.71. The van der Waals surface area contributed by atoms with Crippen molar-refractivity contribution in [2.75, 3.05) is 0 Å². The zero-order chi connectivity index (χ0) is 18.8. The molecule has 0 radical (unpaired) electrons. The van der Waals surface area contributed by atoms with Crippen LogP contribution in [0, 0.1) is 5.92 Å². The van der Waals surface area contributed by atoms with Crippen molar-refractivity contribution < 1.29 is 19.5 Å². The molecule has 2 atom stereocenters. The molecule has 0 aliphatic carbocycles. The van der Waals surface area contributed by atoms with Gasteiger partial charge in [-0.1, -0.05) is 56.3 Å². The third-order valence-corrected chi connectivity index (χ3v) is 3.50. The van der Waals surface area contributed by atoms with Crippen LogP contribution in [0.1, 0.15) is 39.2 Å². The number of aliphatic carboxylic acids is 1. The maximum absolute atomic E-state index is 12.3. The van der Waals surface area contributed by atoms with Gasteiger partial charge in [0, 0.05) is 6.92 Å². The Morgan fingerprint density at radius 2 is 1.72 bits per heavy atom. The predicted octanol–water partition coefficient (Wildman–Crippen LogP) is 2.21. The number of carboxylic acids is 1. The number of carboxylic acid groups (broad SMARTS) is 1. The number of carbonyl (C=O) groups excluding carboxylic acids is 2.